The van der Waals surface area contributed by atoms with Gasteiger partial charge in [0.1, 0.15) is 5.82 Å². The third-order valence-electron chi connectivity index (χ3n) is 4.40. The highest BCUT2D eigenvalue weighted by atomic mass is 19.1. The van der Waals surface area contributed by atoms with E-state index in [0.717, 1.165) is 0 Å². The summed E-state index contributed by atoms with van der Waals surface area (Å²) in [4.78, 5) is 27.5. The number of primary amides is 1. The molecular weight excluding hydrogens is 365 g/mol. The van der Waals surface area contributed by atoms with Gasteiger partial charge < -0.3 is 16.2 Å². The van der Waals surface area contributed by atoms with Crippen LogP contribution in [0.15, 0.2) is 36.5 Å². The largest absolute Gasteiger partial charge is 0.369 e. The smallest absolute Gasteiger partial charge is 0.269 e. The van der Waals surface area contributed by atoms with E-state index in [1.165, 1.54) is 29.1 Å². The monoisotopic (exact) mass is 379 g/mol. The third-order valence-corrected chi connectivity index (χ3v) is 4.40. The van der Waals surface area contributed by atoms with Crippen molar-refractivity contribution >= 4 is 22.7 Å². The Bertz CT molecular complexity index is 1190. The van der Waals surface area contributed by atoms with E-state index < -0.39 is 23.2 Å². The van der Waals surface area contributed by atoms with Crippen molar-refractivity contribution in [2.45, 2.75) is 12.0 Å². The zero-order valence-electron chi connectivity index (χ0n) is 14.4. The average molecular weight is 379 g/mol. The van der Waals surface area contributed by atoms with Crippen LogP contribution >= 0.6 is 0 Å². The molecular formula is C19H14FN5O3. The molecule has 1 atom stereocenters. The SMILES string of the molecule is NC(=O)c1nn(-c2cc(C#CC3(O)CCNC3=O)ccn2)c2cc(F)ccc12. The highest BCUT2D eigenvalue weighted by molar-refractivity contribution is 6.04. The standard InChI is InChI=1S/C19H14FN5O3/c20-12-1-2-13-14(10-12)25(24-16(13)17(21)26)15-9-11(4-7-22-15)3-5-19(28)6-8-23-18(19)27/h1-2,4,7,9-10,28H,6,8H2,(H2,21,26)(H,23,27). The number of fused-ring (bicyclic) bond motifs is 1. The fourth-order valence-corrected chi connectivity index (χ4v) is 2.97. The van der Waals surface area contributed by atoms with Gasteiger partial charge in [-0.15, -0.1) is 0 Å². The van der Waals surface area contributed by atoms with Crippen molar-refractivity contribution in [3.8, 4) is 17.7 Å². The van der Waals surface area contributed by atoms with Crippen LogP contribution in [0.25, 0.3) is 16.7 Å². The molecule has 3 heterocycles. The first-order valence-corrected chi connectivity index (χ1v) is 8.36. The molecule has 1 aliphatic heterocycles. The molecule has 0 saturated carbocycles. The highest BCUT2D eigenvalue weighted by Crippen LogP contribution is 2.23. The second kappa shape index (κ2) is 6.44. The van der Waals surface area contributed by atoms with Crippen molar-refractivity contribution in [3.05, 3.63) is 53.6 Å². The van der Waals surface area contributed by atoms with Gasteiger partial charge in [-0.2, -0.15) is 5.10 Å². The van der Waals surface area contributed by atoms with Gasteiger partial charge in [-0.25, -0.2) is 14.1 Å². The Morgan fingerprint density at radius 2 is 2.18 bits per heavy atom. The number of nitrogens with two attached hydrogens (primary N) is 1. The topological polar surface area (TPSA) is 123 Å². The number of carbonyl (C=O) groups is 2. The van der Waals surface area contributed by atoms with E-state index in [2.05, 4.69) is 27.2 Å². The molecule has 0 radical (unpaired) electrons. The predicted octanol–water partition coefficient (Wildman–Crippen LogP) is 0.261. The Morgan fingerprint density at radius 1 is 1.36 bits per heavy atom. The van der Waals surface area contributed by atoms with Crippen LogP contribution in [-0.2, 0) is 4.79 Å². The highest BCUT2D eigenvalue weighted by Gasteiger charge is 2.38. The molecule has 1 aromatic carbocycles. The van der Waals surface area contributed by atoms with Crippen LogP contribution in [0.5, 0.6) is 0 Å². The summed E-state index contributed by atoms with van der Waals surface area (Å²) in [7, 11) is 0. The molecule has 0 aliphatic carbocycles. The minimum atomic E-state index is -1.73. The molecule has 4 N–H and O–H groups in total. The van der Waals surface area contributed by atoms with Gasteiger partial charge in [0.15, 0.2) is 11.5 Å². The first-order valence-electron chi connectivity index (χ1n) is 8.36. The summed E-state index contributed by atoms with van der Waals surface area (Å²) in [6.45, 7) is 0.354. The van der Waals surface area contributed by atoms with E-state index in [0.29, 0.717) is 23.0 Å². The Hall–Kier alpha value is -3.77. The van der Waals surface area contributed by atoms with Crippen LogP contribution in [0.2, 0.25) is 0 Å². The summed E-state index contributed by atoms with van der Waals surface area (Å²) < 4.78 is 15.0. The summed E-state index contributed by atoms with van der Waals surface area (Å²) in [5, 5.41) is 17.3. The van der Waals surface area contributed by atoms with Gasteiger partial charge >= 0.3 is 0 Å². The zero-order chi connectivity index (χ0) is 19.9. The molecule has 1 fully saturated rings. The minimum Gasteiger partial charge on any atom is -0.369 e. The maximum atomic E-state index is 13.7. The number of rotatable bonds is 2. The van der Waals surface area contributed by atoms with Crippen LogP contribution in [0, 0.1) is 17.7 Å². The van der Waals surface area contributed by atoms with E-state index in [-0.39, 0.29) is 17.9 Å². The summed E-state index contributed by atoms with van der Waals surface area (Å²) in [5.41, 5.74) is 4.40. The number of aliphatic hydroxyl groups is 1. The maximum absolute atomic E-state index is 13.7. The molecule has 8 nitrogen and oxygen atoms in total. The van der Waals surface area contributed by atoms with Gasteiger partial charge in [0.05, 0.1) is 5.52 Å². The van der Waals surface area contributed by atoms with E-state index in [4.69, 9.17) is 5.73 Å². The number of hydrogen-bond donors (Lipinski definition) is 3. The predicted molar refractivity (Wildman–Crippen MR) is 96.8 cm³/mol. The molecule has 1 saturated heterocycles. The number of carbonyl (C=O) groups excluding carboxylic acids is 2. The van der Waals surface area contributed by atoms with Crippen molar-refractivity contribution in [1.29, 1.82) is 0 Å². The Labute approximate surface area is 158 Å². The molecule has 28 heavy (non-hydrogen) atoms. The van der Waals surface area contributed by atoms with Crippen LogP contribution in [-0.4, -0.2) is 43.8 Å². The lowest BCUT2D eigenvalue weighted by Gasteiger charge is -2.09. The van der Waals surface area contributed by atoms with Crippen LogP contribution < -0.4 is 11.1 Å². The number of nitrogens with one attached hydrogen (secondary N) is 1. The number of nitrogens with zero attached hydrogens (tertiary/aromatic N) is 3. The lowest BCUT2D eigenvalue weighted by Crippen LogP contribution is -2.36. The molecule has 3 aromatic rings. The first kappa shape index (κ1) is 17.6. The van der Waals surface area contributed by atoms with Crippen molar-refractivity contribution < 1.29 is 19.1 Å². The van der Waals surface area contributed by atoms with Gasteiger partial charge in [-0.3, -0.25) is 9.59 Å². The number of amides is 2. The van der Waals surface area contributed by atoms with Gasteiger partial charge in [-0.05, 0) is 24.3 Å². The minimum absolute atomic E-state index is 0.00905. The fourth-order valence-electron chi connectivity index (χ4n) is 2.97. The number of halogens is 1. The van der Waals surface area contributed by atoms with Crippen LogP contribution in [0.3, 0.4) is 0 Å². The summed E-state index contributed by atoms with van der Waals surface area (Å²) >= 11 is 0. The normalized spacial score (nSPS) is 18.6. The summed E-state index contributed by atoms with van der Waals surface area (Å²) in [6.07, 6.45) is 1.65. The first-order chi connectivity index (χ1) is 13.4. The molecule has 0 bridgehead atoms. The quantitative estimate of drug-likeness (QED) is 0.551. The summed E-state index contributed by atoms with van der Waals surface area (Å²) in [6, 6.07) is 7.00. The van der Waals surface area contributed by atoms with E-state index in [1.807, 2.05) is 0 Å². The van der Waals surface area contributed by atoms with Crippen molar-refractivity contribution in [2.75, 3.05) is 6.54 Å². The van der Waals surface area contributed by atoms with Gasteiger partial charge in [0.25, 0.3) is 11.8 Å². The molecule has 9 heteroatoms. The van der Waals surface area contributed by atoms with Crippen molar-refractivity contribution in [2.24, 2.45) is 5.73 Å². The maximum Gasteiger partial charge on any atom is 0.269 e. The van der Waals surface area contributed by atoms with Crippen LogP contribution in [0.4, 0.5) is 4.39 Å². The second-order valence-electron chi connectivity index (χ2n) is 6.31. The van der Waals surface area contributed by atoms with E-state index in [9.17, 15) is 19.1 Å². The number of hydrogen-bond acceptors (Lipinski definition) is 5. The molecule has 1 unspecified atom stereocenters. The number of pyridine rings is 1. The molecule has 4 rings (SSSR count). The van der Waals surface area contributed by atoms with Crippen LogP contribution in [0.1, 0.15) is 22.5 Å². The van der Waals surface area contributed by atoms with E-state index >= 15 is 0 Å². The Kier molecular flexibility index (Phi) is 4.05. The molecule has 140 valence electrons. The number of benzene rings is 1. The Balaban J connectivity index is 1.80. The zero-order valence-corrected chi connectivity index (χ0v) is 14.4. The van der Waals surface area contributed by atoms with E-state index in [1.54, 1.807) is 12.1 Å². The van der Waals surface area contributed by atoms with Gasteiger partial charge in [-0.1, -0.05) is 11.8 Å². The van der Waals surface area contributed by atoms with Gasteiger partial charge in [0.2, 0.25) is 5.60 Å². The van der Waals surface area contributed by atoms with Gasteiger partial charge in [0, 0.05) is 36.2 Å². The molecule has 1 aliphatic rings. The lowest BCUT2D eigenvalue weighted by atomic mass is 10.0. The summed E-state index contributed by atoms with van der Waals surface area (Å²) in [5.74, 6) is 3.81. The third kappa shape index (κ3) is 2.95. The molecule has 2 amide bonds. The van der Waals surface area contributed by atoms with Crippen molar-refractivity contribution in [3.63, 3.8) is 0 Å². The van der Waals surface area contributed by atoms with Crippen molar-refractivity contribution in [1.82, 2.24) is 20.1 Å². The molecule has 2 aromatic heterocycles. The number of aromatic nitrogens is 3. The fraction of sp³-hybridized carbons (Fsp3) is 0.158. The Morgan fingerprint density at radius 3 is 2.89 bits per heavy atom. The average Bonchev–Trinajstić information content (AvgIpc) is 3.21. The lowest BCUT2D eigenvalue weighted by molar-refractivity contribution is -0.130. The second-order valence-corrected chi connectivity index (χ2v) is 6.31. The molecule has 0 spiro atoms.